The van der Waals surface area contributed by atoms with Gasteiger partial charge in [-0.15, -0.1) is 0 Å². The lowest BCUT2D eigenvalue weighted by molar-refractivity contribution is -0.140. The molecule has 0 aliphatic rings. The highest BCUT2D eigenvalue weighted by Gasteiger charge is 2.26. The molecule has 0 radical (unpaired) electrons. The van der Waals surface area contributed by atoms with Crippen LogP contribution < -0.4 is 21.7 Å². The highest BCUT2D eigenvalue weighted by atomic mass is 16.4. The van der Waals surface area contributed by atoms with Gasteiger partial charge in [0, 0.05) is 12.8 Å². The van der Waals surface area contributed by atoms with E-state index < -0.39 is 66.7 Å². The summed E-state index contributed by atoms with van der Waals surface area (Å²) < 4.78 is 0. The second-order valence-corrected chi connectivity index (χ2v) is 5.87. The lowest BCUT2D eigenvalue weighted by atomic mass is 10.1. The lowest BCUT2D eigenvalue weighted by Gasteiger charge is -2.21. The van der Waals surface area contributed by atoms with Gasteiger partial charge in [-0.25, -0.2) is 0 Å². The van der Waals surface area contributed by atoms with Crippen LogP contribution in [0.4, 0.5) is 0 Å². The molecule has 0 aliphatic carbocycles. The number of carboxylic acids is 3. The summed E-state index contributed by atoms with van der Waals surface area (Å²) >= 11 is 0. The molecule has 0 spiro atoms. The number of nitrogens with two attached hydrogens (primary N) is 1. The zero-order valence-electron chi connectivity index (χ0n) is 15.1. The molecule has 158 valence electrons. The molecule has 8 N–H and O–H groups in total. The number of hydrogen-bond donors (Lipinski definition) is 7. The first-order valence-electron chi connectivity index (χ1n) is 8.23. The number of nitrogens with one attached hydrogen (secondary N) is 3. The summed E-state index contributed by atoms with van der Waals surface area (Å²) in [7, 11) is 0. The maximum absolute atomic E-state index is 12.2. The standard InChI is InChI=1S/C15H24N4O9/c1-7(18-14(27)8(16)2-4-10(20)21)13(26)19-9(3-5-11(22)23)15(28)17-6-12(24)25/h7-9H,2-6,16H2,1H3,(H,17,28)(H,18,27)(H,19,26)(H,20,21)(H,22,23)(H,24,25). The van der Waals surface area contributed by atoms with Gasteiger partial charge in [0.2, 0.25) is 17.7 Å². The number of hydrogen-bond acceptors (Lipinski definition) is 7. The Morgan fingerprint density at radius 3 is 1.82 bits per heavy atom. The van der Waals surface area contributed by atoms with Crippen molar-refractivity contribution in [3.05, 3.63) is 0 Å². The fraction of sp³-hybridized carbons (Fsp3) is 0.600. The van der Waals surface area contributed by atoms with E-state index in [4.69, 9.17) is 21.1 Å². The van der Waals surface area contributed by atoms with Crippen molar-refractivity contribution < 1.29 is 44.1 Å². The Hall–Kier alpha value is -3.22. The van der Waals surface area contributed by atoms with Crippen LogP contribution in [0.1, 0.15) is 32.6 Å². The molecule has 28 heavy (non-hydrogen) atoms. The minimum Gasteiger partial charge on any atom is -0.481 e. The maximum atomic E-state index is 12.2. The van der Waals surface area contributed by atoms with Gasteiger partial charge in [-0.05, 0) is 19.8 Å². The molecule has 0 bridgehead atoms. The summed E-state index contributed by atoms with van der Waals surface area (Å²) in [6.45, 7) is 0.559. The van der Waals surface area contributed by atoms with Crippen molar-refractivity contribution >= 4 is 35.6 Å². The third-order valence-corrected chi connectivity index (χ3v) is 3.45. The zero-order chi connectivity index (χ0) is 21.9. The second-order valence-electron chi connectivity index (χ2n) is 5.87. The summed E-state index contributed by atoms with van der Waals surface area (Å²) in [5, 5.41) is 32.4. The average Bonchev–Trinajstić information content (AvgIpc) is 2.60. The zero-order valence-corrected chi connectivity index (χ0v) is 15.1. The molecule has 0 aromatic heterocycles. The van der Waals surface area contributed by atoms with Gasteiger partial charge in [0.1, 0.15) is 18.6 Å². The Morgan fingerprint density at radius 1 is 0.786 bits per heavy atom. The smallest absolute Gasteiger partial charge is 0.322 e. The minimum absolute atomic E-state index is 0.145. The number of aliphatic carboxylic acids is 3. The Bertz CT molecular complexity index is 623. The normalized spacial score (nSPS) is 13.5. The van der Waals surface area contributed by atoms with Gasteiger partial charge < -0.3 is 37.0 Å². The largest absolute Gasteiger partial charge is 0.481 e. The molecule has 0 fully saturated rings. The van der Waals surface area contributed by atoms with Crippen molar-refractivity contribution in [3.8, 4) is 0 Å². The van der Waals surface area contributed by atoms with Crippen molar-refractivity contribution in [2.24, 2.45) is 5.73 Å². The SMILES string of the molecule is CC(NC(=O)C(N)CCC(=O)O)C(=O)NC(CCC(=O)O)C(=O)NCC(=O)O. The number of rotatable bonds is 13. The van der Waals surface area contributed by atoms with E-state index in [0.717, 1.165) is 0 Å². The van der Waals surface area contributed by atoms with E-state index in [0.29, 0.717) is 0 Å². The van der Waals surface area contributed by atoms with Gasteiger partial charge in [0.05, 0.1) is 6.04 Å². The van der Waals surface area contributed by atoms with Crippen LogP contribution in [0.25, 0.3) is 0 Å². The topological polar surface area (TPSA) is 225 Å². The van der Waals surface area contributed by atoms with Crippen molar-refractivity contribution in [3.63, 3.8) is 0 Å². The molecule has 0 aliphatic heterocycles. The van der Waals surface area contributed by atoms with E-state index in [2.05, 4.69) is 10.6 Å². The third kappa shape index (κ3) is 10.7. The van der Waals surface area contributed by atoms with E-state index in [9.17, 15) is 28.8 Å². The van der Waals surface area contributed by atoms with Crippen LogP contribution in [0.3, 0.4) is 0 Å². The van der Waals surface area contributed by atoms with Crippen molar-refractivity contribution in [1.82, 2.24) is 16.0 Å². The predicted molar refractivity (Wildman–Crippen MR) is 91.9 cm³/mol. The third-order valence-electron chi connectivity index (χ3n) is 3.45. The predicted octanol–water partition coefficient (Wildman–Crippen LogP) is -2.77. The van der Waals surface area contributed by atoms with Crippen LogP contribution >= 0.6 is 0 Å². The number of amides is 3. The molecule has 0 aromatic carbocycles. The Balaban J connectivity index is 4.81. The fourth-order valence-corrected chi connectivity index (χ4v) is 1.92. The van der Waals surface area contributed by atoms with E-state index in [1.165, 1.54) is 6.92 Å². The summed E-state index contributed by atoms with van der Waals surface area (Å²) in [5.74, 6) is -6.19. The van der Waals surface area contributed by atoms with Gasteiger partial charge in [-0.2, -0.15) is 0 Å². The van der Waals surface area contributed by atoms with E-state index >= 15 is 0 Å². The van der Waals surface area contributed by atoms with E-state index in [-0.39, 0.29) is 19.3 Å². The monoisotopic (exact) mass is 404 g/mol. The highest BCUT2D eigenvalue weighted by molar-refractivity contribution is 5.93. The first-order valence-corrected chi connectivity index (χ1v) is 8.23. The summed E-state index contributed by atoms with van der Waals surface area (Å²) in [6.07, 6.45) is -1.25. The van der Waals surface area contributed by atoms with Crippen LogP contribution in [0, 0.1) is 0 Å². The van der Waals surface area contributed by atoms with Crippen LogP contribution in [0.2, 0.25) is 0 Å². The van der Waals surface area contributed by atoms with Crippen LogP contribution in [-0.4, -0.2) is 75.6 Å². The molecular weight excluding hydrogens is 380 g/mol. The first-order chi connectivity index (χ1) is 12.9. The molecule has 3 atom stereocenters. The van der Waals surface area contributed by atoms with Crippen molar-refractivity contribution in [1.29, 1.82) is 0 Å². The van der Waals surface area contributed by atoms with Crippen LogP contribution in [0.5, 0.6) is 0 Å². The maximum Gasteiger partial charge on any atom is 0.322 e. The van der Waals surface area contributed by atoms with E-state index in [1.54, 1.807) is 0 Å². The molecule has 0 saturated heterocycles. The van der Waals surface area contributed by atoms with Crippen molar-refractivity contribution in [2.75, 3.05) is 6.54 Å². The Kier molecular flexibility index (Phi) is 10.8. The minimum atomic E-state index is -1.33. The fourth-order valence-electron chi connectivity index (χ4n) is 1.92. The number of carboxylic acid groups (broad SMARTS) is 3. The van der Waals surface area contributed by atoms with Gasteiger partial charge >= 0.3 is 17.9 Å². The molecular formula is C15H24N4O9. The lowest BCUT2D eigenvalue weighted by Crippen LogP contribution is -2.55. The van der Waals surface area contributed by atoms with Crippen LogP contribution in [0.15, 0.2) is 0 Å². The van der Waals surface area contributed by atoms with Gasteiger partial charge in [0.25, 0.3) is 0 Å². The highest BCUT2D eigenvalue weighted by Crippen LogP contribution is 2.00. The van der Waals surface area contributed by atoms with Gasteiger partial charge in [-0.1, -0.05) is 0 Å². The molecule has 0 rings (SSSR count). The number of carbonyl (C=O) groups is 6. The summed E-state index contributed by atoms with van der Waals surface area (Å²) in [5.41, 5.74) is 5.52. The van der Waals surface area contributed by atoms with Gasteiger partial charge in [-0.3, -0.25) is 28.8 Å². The second kappa shape index (κ2) is 12.2. The van der Waals surface area contributed by atoms with Crippen molar-refractivity contribution in [2.45, 2.75) is 50.7 Å². The molecule has 13 nitrogen and oxygen atoms in total. The molecule has 0 aromatic rings. The summed E-state index contributed by atoms with van der Waals surface area (Å²) in [6, 6.07) is -3.65. The molecule has 0 saturated carbocycles. The molecule has 3 amide bonds. The molecule has 0 heterocycles. The van der Waals surface area contributed by atoms with Crippen LogP contribution in [-0.2, 0) is 28.8 Å². The Morgan fingerprint density at radius 2 is 1.32 bits per heavy atom. The first kappa shape index (κ1) is 24.8. The quantitative estimate of drug-likeness (QED) is 0.167. The summed E-state index contributed by atoms with van der Waals surface area (Å²) in [4.78, 5) is 67.6. The molecule has 3 unspecified atom stereocenters. The number of carbonyl (C=O) groups excluding carboxylic acids is 3. The Labute approximate surface area is 159 Å². The molecule has 13 heteroatoms. The van der Waals surface area contributed by atoms with Gasteiger partial charge in [0.15, 0.2) is 0 Å². The average molecular weight is 404 g/mol. The van der Waals surface area contributed by atoms with E-state index in [1.807, 2.05) is 5.32 Å².